The summed E-state index contributed by atoms with van der Waals surface area (Å²) in [7, 11) is -4.24. The summed E-state index contributed by atoms with van der Waals surface area (Å²) in [4.78, 5) is 21.8. The van der Waals surface area contributed by atoms with Gasteiger partial charge in [-0.15, -0.1) is 0 Å². The second-order valence-corrected chi connectivity index (χ2v) is 7.94. The molecule has 0 spiro atoms. The number of nitro groups is 1. The van der Waals surface area contributed by atoms with E-state index in [-0.39, 0.29) is 22.2 Å². The number of nitrogens with zero attached hydrogens (tertiary/aromatic N) is 2. The van der Waals surface area contributed by atoms with Gasteiger partial charge in [0.15, 0.2) is 0 Å². The van der Waals surface area contributed by atoms with Crippen LogP contribution < -0.4 is 15.6 Å². The molecule has 0 aromatic heterocycles. The third-order valence-electron chi connectivity index (χ3n) is 3.91. The van der Waals surface area contributed by atoms with Crippen LogP contribution in [0.1, 0.15) is 25.3 Å². The first kappa shape index (κ1) is 20.3. The lowest BCUT2D eigenvalue weighted by Gasteiger charge is -2.24. The average Bonchev–Trinajstić information content (AvgIpc) is 2.65. The maximum absolute atomic E-state index is 13.1. The van der Waals surface area contributed by atoms with Gasteiger partial charge >= 0.3 is 0 Å². The summed E-state index contributed by atoms with van der Waals surface area (Å²) in [5.74, 6) is 4.62. The van der Waals surface area contributed by atoms with Crippen molar-refractivity contribution < 1.29 is 18.1 Å². The van der Waals surface area contributed by atoms with Crippen molar-refractivity contribution >= 4 is 27.3 Å². The minimum Gasteiger partial charge on any atom is -0.293 e. The van der Waals surface area contributed by atoms with E-state index < -0.39 is 27.4 Å². The molecule has 2 aromatic carbocycles. The number of amides is 1. The topological polar surface area (TPSA) is 136 Å². The van der Waals surface area contributed by atoms with E-state index in [9.17, 15) is 23.3 Å². The standard InChI is InChI=1S/C17H20N4O5S/c1-12(2)13-6-8-14(9-7-13)20(11-17(22)19-18)27(25,26)16-5-3-4-15(10-16)21(23)24/h3-10,12H,11,18H2,1-2H3,(H,19,22). The van der Waals surface area contributed by atoms with Gasteiger partial charge in [-0.1, -0.05) is 32.0 Å². The van der Waals surface area contributed by atoms with E-state index in [0.29, 0.717) is 0 Å². The fraction of sp³-hybridized carbons (Fsp3) is 0.235. The Labute approximate surface area is 157 Å². The first-order valence-corrected chi connectivity index (χ1v) is 9.47. The lowest BCUT2D eigenvalue weighted by atomic mass is 10.0. The zero-order valence-corrected chi connectivity index (χ0v) is 15.6. The van der Waals surface area contributed by atoms with E-state index in [4.69, 9.17) is 5.84 Å². The Kier molecular flexibility index (Phi) is 6.13. The monoisotopic (exact) mass is 392 g/mol. The van der Waals surface area contributed by atoms with Crippen LogP contribution in [0.3, 0.4) is 0 Å². The Hall–Kier alpha value is -2.98. The molecular formula is C17H20N4O5S. The molecule has 0 radical (unpaired) electrons. The molecule has 0 heterocycles. The number of sulfonamides is 1. The third kappa shape index (κ3) is 4.60. The second-order valence-electron chi connectivity index (χ2n) is 6.08. The summed E-state index contributed by atoms with van der Waals surface area (Å²) in [6, 6.07) is 11.3. The van der Waals surface area contributed by atoms with Crippen LogP contribution in [0, 0.1) is 10.1 Å². The van der Waals surface area contributed by atoms with Gasteiger partial charge in [-0.2, -0.15) is 0 Å². The number of hydrogen-bond donors (Lipinski definition) is 2. The molecule has 0 fully saturated rings. The number of non-ortho nitro benzene ring substituents is 1. The highest BCUT2D eigenvalue weighted by Crippen LogP contribution is 2.27. The Balaban J connectivity index is 2.53. The van der Waals surface area contributed by atoms with Crippen molar-refractivity contribution in [3.05, 3.63) is 64.2 Å². The number of benzene rings is 2. The summed E-state index contributed by atoms with van der Waals surface area (Å²) in [6.07, 6.45) is 0. The minimum absolute atomic E-state index is 0.244. The smallest absolute Gasteiger partial charge is 0.270 e. The van der Waals surface area contributed by atoms with Crippen molar-refractivity contribution in [2.75, 3.05) is 10.8 Å². The van der Waals surface area contributed by atoms with Gasteiger partial charge in [-0.05, 0) is 29.7 Å². The maximum atomic E-state index is 13.1. The lowest BCUT2D eigenvalue weighted by Crippen LogP contribution is -2.43. The van der Waals surface area contributed by atoms with Gasteiger partial charge < -0.3 is 0 Å². The molecule has 10 heteroatoms. The number of nitro benzene ring substituents is 1. The molecule has 27 heavy (non-hydrogen) atoms. The first-order chi connectivity index (χ1) is 12.7. The number of hydrogen-bond acceptors (Lipinski definition) is 6. The van der Waals surface area contributed by atoms with Gasteiger partial charge in [0.25, 0.3) is 21.6 Å². The zero-order valence-electron chi connectivity index (χ0n) is 14.8. The van der Waals surface area contributed by atoms with Crippen molar-refractivity contribution in [1.82, 2.24) is 5.43 Å². The summed E-state index contributed by atoms with van der Waals surface area (Å²) in [6.45, 7) is 3.42. The molecule has 0 aliphatic heterocycles. The van der Waals surface area contributed by atoms with Crippen LogP contribution in [0.2, 0.25) is 0 Å². The summed E-state index contributed by atoms with van der Waals surface area (Å²) in [5, 5.41) is 11.0. The molecule has 1 amide bonds. The molecule has 0 aliphatic rings. The SMILES string of the molecule is CC(C)c1ccc(N(CC(=O)NN)S(=O)(=O)c2cccc([N+](=O)[O-])c2)cc1. The van der Waals surface area contributed by atoms with Crippen LogP contribution in [-0.2, 0) is 14.8 Å². The minimum atomic E-state index is -4.24. The molecule has 0 aliphatic carbocycles. The lowest BCUT2D eigenvalue weighted by molar-refractivity contribution is -0.385. The number of hydrazine groups is 1. The predicted molar refractivity (Wildman–Crippen MR) is 100 cm³/mol. The fourth-order valence-electron chi connectivity index (χ4n) is 2.40. The van der Waals surface area contributed by atoms with Crippen LogP contribution in [0.5, 0.6) is 0 Å². The van der Waals surface area contributed by atoms with E-state index in [1.165, 1.54) is 18.2 Å². The van der Waals surface area contributed by atoms with Crippen LogP contribution >= 0.6 is 0 Å². The quantitative estimate of drug-likeness (QED) is 0.320. The van der Waals surface area contributed by atoms with Crippen LogP contribution in [0.25, 0.3) is 0 Å². The molecule has 0 bridgehead atoms. The van der Waals surface area contributed by atoms with E-state index >= 15 is 0 Å². The number of anilines is 1. The van der Waals surface area contributed by atoms with Crippen molar-refractivity contribution in [1.29, 1.82) is 0 Å². The van der Waals surface area contributed by atoms with Gasteiger partial charge in [-0.3, -0.25) is 24.6 Å². The Morgan fingerprint density at radius 3 is 2.37 bits per heavy atom. The normalized spacial score (nSPS) is 11.3. The molecule has 0 unspecified atom stereocenters. The molecule has 3 N–H and O–H groups in total. The van der Waals surface area contributed by atoms with E-state index in [1.807, 2.05) is 19.3 Å². The maximum Gasteiger partial charge on any atom is 0.270 e. The van der Waals surface area contributed by atoms with Gasteiger partial charge in [0, 0.05) is 12.1 Å². The van der Waals surface area contributed by atoms with Gasteiger partial charge in [0.05, 0.1) is 15.5 Å². The highest BCUT2D eigenvalue weighted by molar-refractivity contribution is 7.92. The summed E-state index contributed by atoms with van der Waals surface area (Å²) >= 11 is 0. The van der Waals surface area contributed by atoms with Crippen molar-refractivity contribution in [3.63, 3.8) is 0 Å². The Bertz CT molecular complexity index is 942. The molecule has 0 saturated carbocycles. The Morgan fingerprint density at radius 1 is 1.22 bits per heavy atom. The summed E-state index contributed by atoms with van der Waals surface area (Å²) < 4.78 is 27.0. The van der Waals surface area contributed by atoms with E-state index in [2.05, 4.69) is 0 Å². The molecule has 144 valence electrons. The predicted octanol–water partition coefficient (Wildman–Crippen LogP) is 1.90. The van der Waals surface area contributed by atoms with Crippen LogP contribution in [0.15, 0.2) is 53.4 Å². The van der Waals surface area contributed by atoms with Crippen molar-refractivity contribution in [2.45, 2.75) is 24.7 Å². The van der Waals surface area contributed by atoms with Gasteiger partial charge in [0.2, 0.25) is 0 Å². The molecule has 0 atom stereocenters. The molecule has 2 rings (SSSR count). The highest BCUT2D eigenvalue weighted by atomic mass is 32.2. The highest BCUT2D eigenvalue weighted by Gasteiger charge is 2.28. The van der Waals surface area contributed by atoms with Crippen molar-refractivity contribution in [2.24, 2.45) is 5.84 Å². The van der Waals surface area contributed by atoms with Crippen LogP contribution in [-0.4, -0.2) is 25.8 Å². The molecule has 9 nitrogen and oxygen atoms in total. The Morgan fingerprint density at radius 2 is 1.85 bits per heavy atom. The number of nitrogens with one attached hydrogen (secondary N) is 1. The number of carbonyl (C=O) groups excluding carboxylic acids is 1. The first-order valence-electron chi connectivity index (χ1n) is 8.03. The zero-order chi connectivity index (χ0) is 20.2. The van der Waals surface area contributed by atoms with Crippen molar-refractivity contribution in [3.8, 4) is 0 Å². The number of nitrogens with two attached hydrogens (primary N) is 1. The van der Waals surface area contributed by atoms with E-state index in [1.54, 1.807) is 24.3 Å². The molecule has 0 saturated heterocycles. The summed E-state index contributed by atoms with van der Waals surface area (Å²) in [5.41, 5.74) is 2.77. The van der Waals surface area contributed by atoms with Gasteiger partial charge in [0.1, 0.15) is 6.54 Å². The number of carbonyl (C=O) groups is 1. The van der Waals surface area contributed by atoms with Gasteiger partial charge in [-0.25, -0.2) is 14.3 Å². The fourth-order valence-corrected chi connectivity index (χ4v) is 3.86. The van der Waals surface area contributed by atoms with E-state index in [0.717, 1.165) is 15.9 Å². The second kappa shape index (κ2) is 8.14. The molecule has 2 aromatic rings. The molecular weight excluding hydrogens is 372 g/mol. The number of rotatable bonds is 7. The van der Waals surface area contributed by atoms with Crippen LogP contribution in [0.4, 0.5) is 11.4 Å². The average molecular weight is 392 g/mol. The third-order valence-corrected chi connectivity index (χ3v) is 5.68. The largest absolute Gasteiger partial charge is 0.293 e.